The second kappa shape index (κ2) is 9.56. The number of hydrogen-bond acceptors (Lipinski definition) is 9. The van der Waals surface area contributed by atoms with E-state index in [1.165, 1.54) is 19.5 Å². The minimum atomic E-state index is -0.841. The van der Waals surface area contributed by atoms with E-state index in [0.29, 0.717) is 45.4 Å². The number of carbonyl (C=O) groups excluding carboxylic acids is 1. The van der Waals surface area contributed by atoms with Gasteiger partial charge in [0, 0.05) is 23.9 Å². The molecule has 0 saturated carbocycles. The minimum Gasteiger partial charge on any atom is -0.493 e. The molecule has 178 valence electrons. The van der Waals surface area contributed by atoms with Crippen LogP contribution in [0.25, 0.3) is 10.9 Å². The van der Waals surface area contributed by atoms with Crippen molar-refractivity contribution in [1.82, 2.24) is 15.1 Å². The van der Waals surface area contributed by atoms with Crippen molar-refractivity contribution >= 4 is 28.5 Å². The molecule has 2 aromatic heterocycles. The predicted octanol–water partition coefficient (Wildman–Crippen LogP) is 4.87. The molecule has 2 amide bonds. The summed E-state index contributed by atoms with van der Waals surface area (Å²) in [5.41, 5.74) is 0.658. The first kappa shape index (κ1) is 23.3. The summed E-state index contributed by atoms with van der Waals surface area (Å²) in [4.78, 5) is 20.9. The average Bonchev–Trinajstić information content (AvgIpc) is 3.33. The number of ether oxygens (including phenoxy) is 3. The summed E-state index contributed by atoms with van der Waals surface area (Å²) in [6, 6.07) is 13.3. The van der Waals surface area contributed by atoms with Crippen molar-refractivity contribution in [2.24, 2.45) is 0 Å². The molecule has 35 heavy (non-hydrogen) atoms. The SMILES string of the molecule is COc1cc2ncnc(Oc3cccc(NC(=O)Nc4cc(C(C)(C)C#N)no4)c3)c2cc1OC. The Morgan fingerprint density at radius 1 is 1.06 bits per heavy atom. The molecule has 4 rings (SSSR count). The van der Waals surface area contributed by atoms with Crippen LogP contribution < -0.4 is 24.8 Å². The van der Waals surface area contributed by atoms with Gasteiger partial charge in [-0.1, -0.05) is 11.2 Å². The van der Waals surface area contributed by atoms with Crippen LogP contribution in [-0.2, 0) is 5.41 Å². The van der Waals surface area contributed by atoms with E-state index >= 15 is 0 Å². The Morgan fingerprint density at radius 2 is 1.83 bits per heavy atom. The molecule has 0 aliphatic carbocycles. The monoisotopic (exact) mass is 474 g/mol. The number of nitriles is 1. The van der Waals surface area contributed by atoms with Crippen molar-refractivity contribution in [2.75, 3.05) is 24.9 Å². The van der Waals surface area contributed by atoms with Crippen LogP contribution in [0.3, 0.4) is 0 Å². The number of fused-ring (bicyclic) bond motifs is 1. The van der Waals surface area contributed by atoms with Crippen LogP contribution in [0, 0.1) is 11.3 Å². The van der Waals surface area contributed by atoms with Crippen LogP contribution in [0.4, 0.5) is 16.4 Å². The molecule has 0 atom stereocenters. The molecule has 0 saturated heterocycles. The summed E-state index contributed by atoms with van der Waals surface area (Å²) in [6.45, 7) is 3.40. The molecule has 0 aliphatic rings. The van der Waals surface area contributed by atoms with Crippen molar-refractivity contribution in [3.63, 3.8) is 0 Å². The second-order valence-electron chi connectivity index (χ2n) is 7.93. The van der Waals surface area contributed by atoms with E-state index in [0.717, 1.165) is 0 Å². The van der Waals surface area contributed by atoms with E-state index in [9.17, 15) is 10.1 Å². The molecular formula is C24H22N6O5. The maximum absolute atomic E-state index is 12.4. The molecule has 11 heteroatoms. The van der Waals surface area contributed by atoms with Gasteiger partial charge in [0.25, 0.3) is 0 Å². The molecule has 4 aromatic rings. The minimum absolute atomic E-state index is 0.116. The van der Waals surface area contributed by atoms with Gasteiger partial charge in [0.15, 0.2) is 11.5 Å². The predicted molar refractivity (Wildman–Crippen MR) is 127 cm³/mol. The van der Waals surface area contributed by atoms with Gasteiger partial charge in [-0.2, -0.15) is 5.26 Å². The first-order chi connectivity index (χ1) is 16.8. The molecule has 0 radical (unpaired) electrons. The largest absolute Gasteiger partial charge is 0.493 e. The fourth-order valence-corrected chi connectivity index (χ4v) is 3.15. The molecular weight excluding hydrogens is 452 g/mol. The lowest BCUT2D eigenvalue weighted by molar-refractivity contribution is 0.261. The third-order valence-corrected chi connectivity index (χ3v) is 5.08. The number of amides is 2. The Balaban J connectivity index is 1.50. The van der Waals surface area contributed by atoms with Crippen LogP contribution in [0.15, 0.2) is 53.3 Å². The number of urea groups is 1. The molecule has 0 fully saturated rings. The molecule has 0 spiro atoms. The quantitative estimate of drug-likeness (QED) is 0.383. The highest BCUT2D eigenvalue weighted by molar-refractivity contribution is 5.99. The fraction of sp³-hybridized carbons (Fsp3) is 0.208. The third-order valence-electron chi connectivity index (χ3n) is 5.08. The van der Waals surface area contributed by atoms with E-state index in [1.54, 1.807) is 57.4 Å². The van der Waals surface area contributed by atoms with Crippen LogP contribution in [-0.4, -0.2) is 35.4 Å². The van der Waals surface area contributed by atoms with E-state index in [4.69, 9.17) is 18.7 Å². The highest BCUT2D eigenvalue weighted by Crippen LogP contribution is 2.36. The first-order valence-electron chi connectivity index (χ1n) is 10.4. The van der Waals surface area contributed by atoms with Crippen molar-refractivity contribution in [2.45, 2.75) is 19.3 Å². The van der Waals surface area contributed by atoms with Gasteiger partial charge in [0.2, 0.25) is 11.8 Å². The molecule has 11 nitrogen and oxygen atoms in total. The lowest BCUT2D eigenvalue weighted by atomic mass is 9.92. The van der Waals surface area contributed by atoms with Gasteiger partial charge in [-0.15, -0.1) is 0 Å². The summed E-state index contributed by atoms with van der Waals surface area (Å²) >= 11 is 0. The second-order valence-corrected chi connectivity index (χ2v) is 7.93. The maximum Gasteiger partial charge on any atom is 0.326 e. The Labute approximate surface area is 200 Å². The number of benzene rings is 2. The number of anilines is 2. The van der Waals surface area contributed by atoms with Crippen molar-refractivity contribution in [1.29, 1.82) is 5.26 Å². The smallest absolute Gasteiger partial charge is 0.326 e. The van der Waals surface area contributed by atoms with Crippen molar-refractivity contribution in [3.8, 4) is 29.2 Å². The average molecular weight is 474 g/mol. The van der Waals surface area contributed by atoms with E-state index in [-0.39, 0.29) is 5.88 Å². The van der Waals surface area contributed by atoms with E-state index in [2.05, 4.69) is 31.8 Å². The summed E-state index contributed by atoms with van der Waals surface area (Å²) in [5, 5.41) is 18.9. The summed E-state index contributed by atoms with van der Waals surface area (Å²) < 4.78 is 21.8. The number of carbonyl (C=O) groups is 1. The number of nitrogens with zero attached hydrogens (tertiary/aromatic N) is 4. The molecule has 0 unspecified atom stereocenters. The number of nitrogens with one attached hydrogen (secondary N) is 2. The molecule has 0 bridgehead atoms. The van der Waals surface area contributed by atoms with Crippen molar-refractivity contribution in [3.05, 3.63) is 54.5 Å². The lowest BCUT2D eigenvalue weighted by Crippen LogP contribution is -2.19. The van der Waals surface area contributed by atoms with Crippen LogP contribution in [0.5, 0.6) is 23.1 Å². The maximum atomic E-state index is 12.4. The molecule has 0 aliphatic heterocycles. The Bertz CT molecular complexity index is 1430. The zero-order chi connectivity index (χ0) is 25.0. The Kier molecular flexibility index (Phi) is 6.37. The Morgan fingerprint density at radius 3 is 2.57 bits per heavy atom. The number of hydrogen-bond donors (Lipinski definition) is 2. The van der Waals surface area contributed by atoms with Gasteiger partial charge >= 0.3 is 6.03 Å². The van der Waals surface area contributed by atoms with E-state index in [1.807, 2.05) is 0 Å². The lowest BCUT2D eigenvalue weighted by Gasteiger charge is -2.12. The van der Waals surface area contributed by atoms with Gasteiger partial charge in [-0.3, -0.25) is 5.32 Å². The summed E-state index contributed by atoms with van der Waals surface area (Å²) in [6.07, 6.45) is 1.39. The summed E-state index contributed by atoms with van der Waals surface area (Å²) in [5.74, 6) is 1.92. The zero-order valence-electron chi connectivity index (χ0n) is 19.4. The van der Waals surface area contributed by atoms with E-state index < -0.39 is 11.4 Å². The molecule has 2 aromatic carbocycles. The Hall–Kier alpha value is -4.85. The number of rotatable bonds is 7. The third kappa shape index (κ3) is 5.06. The van der Waals surface area contributed by atoms with Gasteiger partial charge < -0.3 is 24.1 Å². The van der Waals surface area contributed by atoms with Gasteiger partial charge in [0.1, 0.15) is 17.8 Å². The molecule has 2 heterocycles. The van der Waals surface area contributed by atoms with Crippen molar-refractivity contribution < 1.29 is 23.5 Å². The highest BCUT2D eigenvalue weighted by atomic mass is 16.5. The summed E-state index contributed by atoms with van der Waals surface area (Å²) in [7, 11) is 3.09. The van der Waals surface area contributed by atoms with Gasteiger partial charge in [0.05, 0.1) is 36.6 Å². The van der Waals surface area contributed by atoms with Gasteiger partial charge in [-0.25, -0.2) is 14.8 Å². The molecule has 2 N–H and O–H groups in total. The fourth-order valence-electron chi connectivity index (χ4n) is 3.15. The number of aromatic nitrogens is 3. The topological polar surface area (TPSA) is 144 Å². The highest BCUT2D eigenvalue weighted by Gasteiger charge is 2.25. The zero-order valence-corrected chi connectivity index (χ0v) is 19.4. The van der Waals surface area contributed by atoms with Gasteiger partial charge in [-0.05, 0) is 32.0 Å². The first-order valence-corrected chi connectivity index (χ1v) is 10.4. The standard InChI is InChI=1S/C24H22N6O5/c1-24(2,12-25)20-11-21(35-30-20)29-23(31)28-14-6-5-7-15(8-14)34-22-16-9-18(32-3)19(33-4)10-17(16)26-13-27-22/h5-11,13H,1-4H3,(H2,28,29,31). The normalized spacial score (nSPS) is 10.9. The van der Waals surface area contributed by atoms with Crippen LogP contribution in [0.1, 0.15) is 19.5 Å². The van der Waals surface area contributed by atoms with Crippen LogP contribution in [0.2, 0.25) is 0 Å². The van der Waals surface area contributed by atoms with Crippen LogP contribution >= 0.6 is 0 Å². The number of methoxy groups -OCH3 is 2.